The Morgan fingerprint density at radius 2 is 0.633 bits per heavy atom. The molecule has 0 aromatic heterocycles. The Labute approximate surface area is 181 Å². The van der Waals surface area contributed by atoms with Gasteiger partial charge >= 0.3 is 0 Å². The van der Waals surface area contributed by atoms with Gasteiger partial charge in [-0.1, -0.05) is 113 Å². The van der Waals surface area contributed by atoms with Crippen molar-refractivity contribution in [1.82, 2.24) is 0 Å². The maximum absolute atomic E-state index is 2.32. The van der Waals surface area contributed by atoms with Gasteiger partial charge in [-0.2, -0.15) is 0 Å². The lowest BCUT2D eigenvalue weighted by molar-refractivity contribution is 0.867. The molecule has 0 aliphatic heterocycles. The molecule has 0 radical (unpaired) electrons. The molecule has 0 aliphatic carbocycles. The van der Waals surface area contributed by atoms with Crippen LogP contribution in [-0.4, -0.2) is 0 Å². The van der Waals surface area contributed by atoms with Crippen molar-refractivity contribution in [3.8, 4) is 33.4 Å². The highest BCUT2D eigenvalue weighted by Gasteiger charge is 2.07. The van der Waals surface area contributed by atoms with E-state index in [9.17, 15) is 0 Å². The molecule has 0 bridgehead atoms. The van der Waals surface area contributed by atoms with Crippen LogP contribution >= 0.6 is 0 Å². The van der Waals surface area contributed by atoms with Crippen molar-refractivity contribution in [2.45, 2.75) is 39.5 Å². The summed E-state index contributed by atoms with van der Waals surface area (Å²) in [5.74, 6) is 1.07. The van der Waals surface area contributed by atoms with E-state index < -0.39 is 0 Å². The minimum absolute atomic E-state index is 0.534. The summed E-state index contributed by atoms with van der Waals surface area (Å²) >= 11 is 0. The second-order valence-corrected chi connectivity index (χ2v) is 8.72. The molecule has 4 aromatic rings. The van der Waals surface area contributed by atoms with Crippen LogP contribution in [0.1, 0.15) is 50.7 Å². The van der Waals surface area contributed by atoms with Crippen LogP contribution in [-0.2, 0) is 0 Å². The summed E-state index contributed by atoms with van der Waals surface area (Å²) in [6.45, 7) is 8.98. The molecule has 0 nitrogen and oxygen atoms in total. The molecule has 4 rings (SSSR count). The third-order valence-electron chi connectivity index (χ3n) is 5.83. The van der Waals surface area contributed by atoms with Crippen molar-refractivity contribution in [2.75, 3.05) is 0 Å². The van der Waals surface area contributed by atoms with Crippen LogP contribution in [0.3, 0.4) is 0 Å². The summed E-state index contributed by atoms with van der Waals surface area (Å²) in [5.41, 5.74) is 10.4. The van der Waals surface area contributed by atoms with E-state index in [0.29, 0.717) is 11.8 Å². The quantitative estimate of drug-likeness (QED) is 0.319. The maximum Gasteiger partial charge on any atom is -0.0178 e. The second-order valence-electron chi connectivity index (χ2n) is 8.72. The van der Waals surface area contributed by atoms with Gasteiger partial charge in [0.25, 0.3) is 0 Å². The van der Waals surface area contributed by atoms with E-state index in [4.69, 9.17) is 0 Å². The van der Waals surface area contributed by atoms with Gasteiger partial charge in [0.05, 0.1) is 0 Å². The van der Waals surface area contributed by atoms with E-state index in [2.05, 4.69) is 125 Å². The van der Waals surface area contributed by atoms with E-state index in [1.54, 1.807) is 0 Å². The zero-order valence-electron chi connectivity index (χ0n) is 18.4. The first-order valence-corrected chi connectivity index (χ1v) is 10.9. The minimum atomic E-state index is 0.534. The SMILES string of the molecule is CC(C)c1cccc(-c2cccc(-c3cccc(-c4cccc(C(C)C)c4)c3)c2)c1. The first-order chi connectivity index (χ1) is 14.5. The van der Waals surface area contributed by atoms with Gasteiger partial charge in [0.15, 0.2) is 0 Å². The summed E-state index contributed by atoms with van der Waals surface area (Å²) in [5, 5.41) is 0. The molecule has 150 valence electrons. The summed E-state index contributed by atoms with van der Waals surface area (Å²) in [4.78, 5) is 0. The summed E-state index contributed by atoms with van der Waals surface area (Å²) in [7, 11) is 0. The average Bonchev–Trinajstić information content (AvgIpc) is 2.79. The third kappa shape index (κ3) is 4.39. The highest BCUT2D eigenvalue weighted by Crippen LogP contribution is 2.31. The van der Waals surface area contributed by atoms with Crippen molar-refractivity contribution in [1.29, 1.82) is 0 Å². The highest BCUT2D eigenvalue weighted by atomic mass is 14.1. The van der Waals surface area contributed by atoms with Gasteiger partial charge in [0.1, 0.15) is 0 Å². The predicted octanol–water partition coefficient (Wildman–Crippen LogP) is 8.93. The predicted molar refractivity (Wildman–Crippen MR) is 131 cm³/mol. The Balaban J connectivity index is 1.71. The van der Waals surface area contributed by atoms with E-state index >= 15 is 0 Å². The number of rotatable bonds is 5. The molecule has 0 heteroatoms. The van der Waals surface area contributed by atoms with Crippen molar-refractivity contribution in [2.24, 2.45) is 0 Å². The Kier molecular flexibility index (Phi) is 5.86. The lowest BCUT2D eigenvalue weighted by Gasteiger charge is -2.12. The molecule has 0 heterocycles. The summed E-state index contributed by atoms with van der Waals surface area (Å²) in [6, 6.07) is 35.6. The molecular weight excluding hydrogens is 360 g/mol. The number of hydrogen-bond donors (Lipinski definition) is 0. The smallest absolute Gasteiger partial charge is 0.0178 e. The van der Waals surface area contributed by atoms with E-state index in [1.807, 2.05) is 0 Å². The number of benzene rings is 4. The lowest BCUT2D eigenvalue weighted by Crippen LogP contribution is -1.89. The van der Waals surface area contributed by atoms with Gasteiger partial charge < -0.3 is 0 Å². The number of hydrogen-bond acceptors (Lipinski definition) is 0. The van der Waals surface area contributed by atoms with Gasteiger partial charge in [0.2, 0.25) is 0 Å². The fourth-order valence-corrected chi connectivity index (χ4v) is 3.91. The molecule has 0 aliphatic rings. The summed E-state index contributed by atoms with van der Waals surface area (Å²) in [6.07, 6.45) is 0. The maximum atomic E-state index is 2.32. The molecule has 0 amide bonds. The first kappa shape index (κ1) is 20.2. The van der Waals surface area contributed by atoms with Crippen LogP contribution in [0.15, 0.2) is 97.1 Å². The fourth-order valence-electron chi connectivity index (χ4n) is 3.91. The average molecular weight is 391 g/mol. The lowest BCUT2D eigenvalue weighted by atomic mass is 9.93. The highest BCUT2D eigenvalue weighted by molar-refractivity contribution is 5.77. The molecule has 30 heavy (non-hydrogen) atoms. The van der Waals surface area contributed by atoms with Crippen LogP contribution < -0.4 is 0 Å². The molecule has 0 saturated carbocycles. The van der Waals surface area contributed by atoms with Crippen LogP contribution in [0, 0.1) is 0 Å². The van der Waals surface area contributed by atoms with Crippen molar-refractivity contribution in [3.05, 3.63) is 108 Å². The first-order valence-electron chi connectivity index (χ1n) is 10.9. The van der Waals surface area contributed by atoms with Crippen LogP contribution in [0.2, 0.25) is 0 Å². The Hall–Kier alpha value is -3.12. The van der Waals surface area contributed by atoms with Gasteiger partial charge in [0, 0.05) is 0 Å². The van der Waals surface area contributed by atoms with Gasteiger partial charge in [-0.25, -0.2) is 0 Å². The topological polar surface area (TPSA) is 0 Å². The van der Waals surface area contributed by atoms with Crippen LogP contribution in [0.5, 0.6) is 0 Å². The largest absolute Gasteiger partial charge is 0.0614 e. The molecule has 0 atom stereocenters. The van der Waals surface area contributed by atoms with Crippen molar-refractivity contribution < 1.29 is 0 Å². The van der Waals surface area contributed by atoms with E-state index in [-0.39, 0.29) is 0 Å². The molecule has 0 spiro atoms. The van der Waals surface area contributed by atoms with Gasteiger partial charge in [-0.3, -0.25) is 0 Å². The molecule has 4 aromatic carbocycles. The van der Waals surface area contributed by atoms with Gasteiger partial charge in [-0.15, -0.1) is 0 Å². The van der Waals surface area contributed by atoms with E-state index in [1.165, 1.54) is 44.5 Å². The Morgan fingerprint density at radius 1 is 0.367 bits per heavy atom. The molecule has 0 unspecified atom stereocenters. The second kappa shape index (κ2) is 8.71. The standard InChI is InChI=1S/C30H30/c1-21(2)23-9-5-11-25(17-23)27-13-7-15-29(19-27)30-16-8-14-28(20-30)26-12-6-10-24(18-26)22(3)4/h5-22H,1-4H3. The minimum Gasteiger partial charge on any atom is -0.0614 e. The molecule has 0 fully saturated rings. The zero-order valence-corrected chi connectivity index (χ0v) is 18.4. The van der Waals surface area contributed by atoms with Gasteiger partial charge in [-0.05, 0) is 68.5 Å². The van der Waals surface area contributed by atoms with Crippen LogP contribution in [0.25, 0.3) is 33.4 Å². The normalized spacial score (nSPS) is 11.3. The van der Waals surface area contributed by atoms with Crippen molar-refractivity contribution in [3.63, 3.8) is 0 Å². The fraction of sp³-hybridized carbons (Fsp3) is 0.200. The summed E-state index contributed by atoms with van der Waals surface area (Å²) < 4.78 is 0. The van der Waals surface area contributed by atoms with E-state index in [0.717, 1.165) is 0 Å². The Morgan fingerprint density at radius 3 is 0.933 bits per heavy atom. The van der Waals surface area contributed by atoms with Crippen LogP contribution in [0.4, 0.5) is 0 Å². The zero-order chi connectivity index (χ0) is 21.1. The van der Waals surface area contributed by atoms with Crippen molar-refractivity contribution >= 4 is 0 Å². The monoisotopic (exact) mass is 390 g/mol. The third-order valence-corrected chi connectivity index (χ3v) is 5.83. The molecule has 0 saturated heterocycles. The molecular formula is C30H30. The Bertz CT molecular complexity index is 1050. The molecule has 0 N–H and O–H groups in total.